The van der Waals surface area contributed by atoms with Crippen LogP contribution in [0, 0.1) is 0 Å². The number of aliphatic carboxylic acids is 1. The largest absolute Gasteiger partial charge is 0.548 e. The molecule has 1 heterocycles. The summed E-state index contributed by atoms with van der Waals surface area (Å²) in [4.78, 5) is 23.1. The van der Waals surface area contributed by atoms with E-state index in [1.807, 2.05) is 44.4 Å². The molecule has 2 rings (SSSR count). The van der Waals surface area contributed by atoms with Gasteiger partial charge in [0.05, 0.1) is 20.1 Å². The summed E-state index contributed by atoms with van der Waals surface area (Å²) in [6.07, 6.45) is 0.604. The van der Waals surface area contributed by atoms with Crippen LogP contribution < -0.4 is 5.11 Å². The molecule has 0 aromatic heterocycles. The van der Waals surface area contributed by atoms with Crippen LogP contribution >= 0.6 is 0 Å². The van der Waals surface area contributed by atoms with Gasteiger partial charge in [-0.15, -0.1) is 0 Å². The zero-order valence-corrected chi connectivity index (χ0v) is 11.2. The lowest BCUT2D eigenvalue weighted by molar-refractivity contribution is -1.00. The molecule has 1 amide bonds. The van der Waals surface area contributed by atoms with Gasteiger partial charge < -0.3 is 9.90 Å². The Morgan fingerprint density at radius 1 is 1.37 bits per heavy atom. The van der Waals surface area contributed by atoms with Gasteiger partial charge in [0.15, 0.2) is 0 Å². The molecule has 1 aliphatic rings. The van der Waals surface area contributed by atoms with E-state index in [4.69, 9.17) is 0 Å². The van der Waals surface area contributed by atoms with Crippen LogP contribution in [0.25, 0.3) is 0 Å². The van der Waals surface area contributed by atoms with E-state index < -0.39 is 12.0 Å². The van der Waals surface area contributed by atoms with Gasteiger partial charge in [-0.2, -0.15) is 5.01 Å². The van der Waals surface area contributed by atoms with Crippen molar-refractivity contribution >= 4 is 11.9 Å². The molecule has 0 saturated carbocycles. The maximum atomic E-state index is 11.9. The number of carboxylic acid groups (broad SMARTS) is 1. The first kappa shape index (κ1) is 13.5. The highest BCUT2D eigenvalue weighted by Crippen LogP contribution is 2.25. The van der Waals surface area contributed by atoms with Crippen LogP contribution in [0.3, 0.4) is 0 Å². The normalized spacial score (nSPS) is 19.8. The Labute approximate surface area is 112 Å². The molecule has 0 N–H and O–H groups in total. The molecule has 1 unspecified atom stereocenters. The number of carbonyl (C=O) groups is 2. The molecule has 102 valence electrons. The Balaban J connectivity index is 2.22. The van der Waals surface area contributed by atoms with Crippen molar-refractivity contribution in [2.24, 2.45) is 0 Å². The van der Waals surface area contributed by atoms with E-state index in [1.54, 1.807) is 0 Å². The van der Waals surface area contributed by atoms with E-state index >= 15 is 0 Å². The average molecular weight is 262 g/mol. The van der Waals surface area contributed by atoms with Crippen molar-refractivity contribution in [2.75, 3.05) is 14.1 Å². The van der Waals surface area contributed by atoms with Crippen LogP contribution in [-0.2, 0) is 16.1 Å². The molecule has 1 aromatic carbocycles. The minimum absolute atomic E-state index is 0.130. The highest BCUT2D eigenvalue weighted by atomic mass is 16.4. The number of nitrogens with zero attached hydrogens (tertiary/aromatic N) is 2. The van der Waals surface area contributed by atoms with E-state index in [2.05, 4.69) is 0 Å². The van der Waals surface area contributed by atoms with Crippen LogP contribution in [-0.4, -0.2) is 41.6 Å². The van der Waals surface area contributed by atoms with Crippen molar-refractivity contribution < 1.29 is 19.3 Å². The van der Waals surface area contributed by atoms with Crippen LogP contribution in [0.15, 0.2) is 30.3 Å². The second-order valence-corrected chi connectivity index (χ2v) is 5.38. The van der Waals surface area contributed by atoms with E-state index in [0.717, 1.165) is 5.56 Å². The molecule has 1 fully saturated rings. The number of quaternary nitrogens is 1. The molecular formula is C14H18N2O3. The summed E-state index contributed by atoms with van der Waals surface area (Å²) in [5, 5.41) is 12.6. The Hall–Kier alpha value is -1.88. The first-order valence-corrected chi connectivity index (χ1v) is 6.32. The van der Waals surface area contributed by atoms with Gasteiger partial charge in [0.2, 0.25) is 0 Å². The average Bonchev–Trinajstić information content (AvgIpc) is 2.73. The van der Waals surface area contributed by atoms with Gasteiger partial charge in [-0.3, -0.25) is 4.79 Å². The first-order chi connectivity index (χ1) is 8.92. The molecule has 1 atom stereocenters. The predicted octanol–water partition coefficient (Wildman–Crippen LogP) is -0.0811. The zero-order valence-electron chi connectivity index (χ0n) is 11.2. The van der Waals surface area contributed by atoms with Gasteiger partial charge in [-0.05, 0) is 6.42 Å². The molecule has 5 heteroatoms. The predicted molar refractivity (Wildman–Crippen MR) is 67.1 cm³/mol. The van der Waals surface area contributed by atoms with Gasteiger partial charge in [-0.1, -0.05) is 30.3 Å². The zero-order chi connectivity index (χ0) is 14.0. The molecule has 0 bridgehead atoms. The number of carboxylic acids is 1. The number of benzene rings is 1. The Bertz CT molecular complexity index is 485. The first-order valence-electron chi connectivity index (χ1n) is 6.32. The second-order valence-electron chi connectivity index (χ2n) is 5.38. The van der Waals surface area contributed by atoms with E-state index in [-0.39, 0.29) is 16.9 Å². The van der Waals surface area contributed by atoms with Crippen molar-refractivity contribution in [2.45, 2.75) is 25.4 Å². The topological polar surface area (TPSA) is 60.4 Å². The van der Waals surface area contributed by atoms with Crippen molar-refractivity contribution in [3.8, 4) is 0 Å². The van der Waals surface area contributed by atoms with Crippen molar-refractivity contribution in [3.63, 3.8) is 0 Å². The summed E-state index contributed by atoms with van der Waals surface area (Å²) in [5.41, 5.74) is 1.06. The summed E-state index contributed by atoms with van der Waals surface area (Å²) in [7, 11) is 3.68. The van der Waals surface area contributed by atoms with Crippen molar-refractivity contribution in [1.82, 2.24) is 5.01 Å². The summed E-state index contributed by atoms with van der Waals surface area (Å²) in [6.45, 7) is 0.566. The maximum absolute atomic E-state index is 11.9. The highest BCUT2D eigenvalue weighted by Gasteiger charge is 2.42. The van der Waals surface area contributed by atoms with Crippen LogP contribution in [0.2, 0.25) is 0 Å². The van der Waals surface area contributed by atoms with Gasteiger partial charge in [0.25, 0.3) is 5.91 Å². The monoisotopic (exact) mass is 262 g/mol. The van der Waals surface area contributed by atoms with Crippen molar-refractivity contribution in [1.29, 1.82) is 0 Å². The molecule has 1 aromatic rings. The third kappa shape index (κ3) is 2.76. The summed E-state index contributed by atoms with van der Waals surface area (Å²) in [5.74, 6) is -1.31. The Morgan fingerprint density at radius 2 is 2.00 bits per heavy atom. The standard InChI is InChI=1S/C14H18N2O3/c1-16(2,10-11-6-4-3-5-7-11)15-12(14(18)19)8-9-13(15)17/h3-7,12H,8-10H2,1-2H3. The smallest absolute Gasteiger partial charge is 0.268 e. The summed E-state index contributed by atoms with van der Waals surface area (Å²) < 4.78 is 0.196. The van der Waals surface area contributed by atoms with Gasteiger partial charge >= 0.3 is 0 Å². The fraction of sp³-hybridized carbons (Fsp3) is 0.429. The Morgan fingerprint density at radius 3 is 2.58 bits per heavy atom. The summed E-state index contributed by atoms with van der Waals surface area (Å²) >= 11 is 0. The van der Waals surface area contributed by atoms with Gasteiger partial charge in [-0.25, -0.2) is 4.59 Å². The lowest BCUT2D eigenvalue weighted by atomic mass is 10.2. The Kier molecular flexibility index (Phi) is 3.57. The van der Waals surface area contributed by atoms with Gasteiger partial charge in [0, 0.05) is 12.0 Å². The van der Waals surface area contributed by atoms with Crippen molar-refractivity contribution in [3.05, 3.63) is 35.9 Å². The number of amides is 1. The fourth-order valence-electron chi connectivity index (χ4n) is 2.67. The van der Waals surface area contributed by atoms with Crippen LogP contribution in [0.5, 0.6) is 0 Å². The second kappa shape index (κ2) is 5.01. The third-order valence-electron chi connectivity index (χ3n) is 3.45. The summed E-state index contributed by atoms with van der Waals surface area (Å²) in [6, 6.07) is 8.89. The molecule has 5 nitrogen and oxygen atoms in total. The molecule has 0 spiro atoms. The van der Waals surface area contributed by atoms with E-state index in [1.165, 1.54) is 5.01 Å². The molecular weight excluding hydrogens is 244 g/mol. The van der Waals surface area contributed by atoms with E-state index in [9.17, 15) is 14.7 Å². The van der Waals surface area contributed by atoms with Gasteiger partial charge in [0.1, 0.15) is 12.6 Å². The minimum atomic E-state index is -1.18. The number of hydrogen-bond donors (Lipinski definition) is 0. The third-order valence-corrected chi connectivity index (χ3v) is 3.45. The molecule has 1 saturated heterocycles. The number of rotatable bonds is 4. The fourth-order valence-corrected chi connectivity index (χ4v) is 2.67. The van der Waals surface area contributed by atoms with Crippen LogP contribution in [0.1, 0.15) is 18.4 Å². The lowest BCUT2D eigenvalue weighted by Crippen LogP contribution is -2.61. The number of hydrogen-bond acceptors (Lipinski definition) is 3. The van der Waals surface area contributed by atoms with Crippen LogP contribution in [0.4, 0.5) is 0 Å². The quantitative estimate of drug-likeness (QED) is 0.713. The minimum Gasteiger partial charge on any atom is -0.548 e. The lowest BCUT2D eigenvalue weighted by Gasteiger charge is -2.40. The molecule has 0 aliphatic carbocycles. The molecule has 0 radical (unpaired) electrons. The maximum Gasteiger partial charge on any atom is 0.268 e. The molecule has 19 heavy (non-hydrogen) atoms. The molecule has 1 aliphatic heterocycles. The SMILES string of the molecule is C[N+](C)(Cc1ccccc1)N1C(=O)CCC1C(=O)[O-]. The highest BCUT2D eigenvalue weighted by molar-refractivity contribution is 5.85. The van der Waals surface area contributed by atoms with E-state index in [0.29, 0.717) is 13.0 Å². The number of carbonyl (C=O) groups excluding carboxylic acids is 2.